The van der Waals surface area contributed by atoms with Crippen LogP contribution in [0.25, 0.3) is 10.2 Å². The Balaban J connectivity index is 1.73. The molecular formula is C20H23N3O2S. The van der Waals surface area contributed by atoms with Crippen LogP contribution in [0.3, 0.4) is 0 Å². The Morgan fingerprint density at radius 1 is 1.27 bits per heavy atom. The molecule has 3 aromatic rings. The number of rotatable bonds is 6. The smallest absolute Gasteiger partial charge is 0.270 e. The first-order chi connectivity index (χ1) is 12.5. The fourth-order valence-electron chi connectivity index (χ4n) is 3.10. The van der Waals surface area contributed by atoms with Gasteiger partial charge in [-0.3, -0.25) is 13.5 Å². The highest BCUT2D eigenvalue weighted by Crippen LogP contribution is 2.19. The van der Waals surface area contributed by atoms with Gasteiger partial charge in [0.15, 0.2) is 0 Å². The van der Waals surface area contributed by atoms with Crippen LogP contribution in [-0.4, -0.2) is 20.9 Å². The first kappa shape index (κ1) is 18.3. The van der Waals surface area contributed by atoms with Gasteiger partial charge in [-0.25, -0.2) is 4.98 Å². The van der Waals surface area contributed by atoms with Gasteiger partial charge in [-0.15, -0.1) is 0 Å². The number of hydrogen-bond donors (Lipinski definition) is 1. The molecule has 2 aromatic heterocycles. The molecule has 0 radical (unpaired) electrons. The minimum atomic E-state index is -0.143. The van der Waals surface area contributed by atoms with Gasteiger partial charge >= 0.3 is 0 Å². The van der Waals surface area contributed by atoms with Crippen LogP contribution < -0.4 is 10.9 Å². The Labute approximate surface area is 156 Å². The predicted octanol–water partition coefficient (Wildman–Crippen LogP) is 3.21. The Kier molecular flexibility index (Phi) is 5.52. The summed E-state index contributed by atoms with van der Waals surface area (Å²) in [4.78, 5) is 30.2. The van der Waals surface area contributed by atoms with E-state index in [1.54, 1.807) is 0 Å². The zero-order chi connectivity index (χ0) is 18.7. The molecule has 5 nitrogen and oxygen atoms in total. The van der Waals surface area contributed by atoms with Gasteiger partial charge in [-0.05, 0) is 55.4 Å². The first-order valence-electron chi connectivity index (χ1n) is 8.79. The summed E-state index contributed by atoms with van der Waals surface area (Å²) < 4.78 is 1.49. The molecule has 1 atom stereocenters. The molecule has 136 valence electrons. The molecule has 6 heteroatoms. The first-order valence-corrected chi connectivity index (χ1v) is 9.56. The van der Waals surface area contributed by atoms with Crippen LogP contribution in [0.4, 0.5) is 0 Å². The van der Waals surface area contributed by atoms with Gasteiger partial charge in [-0.2, -0.15) is 0 Å². The van der Waals surface area contributed by atoms with Crippen LogP contribution in [0.5, 0.6) is 0 Å². The van der Waals surface area contributed by atoms with Gasteiger partial charge in [0.2, 0.25) is 5.91 Å². The Morgan fingerprint density at radius 2 is 2.00 bits per heavy atom. The molecule has 2 heterocycles. The minimum absolute atomic E-state index is 0.0314. The van der Waals surface area contributed by atoms with Crippen molar-refractivity contribution in [2.45, 2.75) is 46.2 Å². The number of nitrogens with one attached hydrogen (secondary N) is 1. The number of hydrogen-bond acceptors (Lipinski definition) is 4. The van der Waals surface area contributed by atoms with Crippen LogP contribution in [0, 0.1) is 13.8 Å². The fraction of sp³-hybridized carbons (Fsp3) is 0.350. The number of pyridine rings is 1. The van der Waals surface area contributed by atoms with Crippen molar-refractivity contribution in [3.05, 3.63) is 63.6 Å². The van der Waals surface area contributed by atoms with Gasteiger partial charge in [0, 0.05) is 11.7 Å². The highest BCUT2D eigenvalue weighted by Gasteiger charge is 2.16. The number of carbonyl (C=O) groups excluding carboxylic acids is 1. The molecule has 3 rings (SSSR count). The molecule has 1 aromatic carbocycles. The van der Waals surface area contributed by atoms with Crippen molar-refractivity contribution in [2.24, 2.45) is 0 Å². The number of fused-ring (bicyclic) bond motifs is 1. The van der Waals surface area contributed by atoms with Crippen molar-refractivity contribution in [3.8, 4) is 0 Å². The van der Waals surface area contributed by atoms with E-state index in [0.717, 1.165) is 24.1 Å². The summed E-state index contributed by atoms with van der Waals surface area (Å²) in [5, 5.41) is 3.66. The van der Waals surface area contributed by atoms with E-state index in [1.807, 2.05) is 38.1 Å². The lowest BCUT2D eigenvalue weighted by Crippen LogP contribution is -2.39. The fourth-order valence-corrected chi connectivity index (χ4v) is 4.19. The highest BCUT2D eigenvalue weighted by atomic mass is 32.1. The van der Waals surface area contributed by atoms with E-state index in [1.165, 1.54) is 21.1 Å². The third-order valence-electron chi connectivity index (χ3n) is 4.42. The molecule has 1 unspecified atom stereocenters. The standard InChI is InChI=1S/C20H23N3O2S/c1-4-16(11-15-8-6-5-7-9-15)22-17(24)12-23-20(25)18-13(2)10-14(3)21-19(18)26-23/h5-10,16H,4,11-12H2,1-3H3,(H,22,24). The van der Waals surface area contributed by atoms with E-state index in [2.05, 4.69) is 29.4 Å². The van der Waals surface area contributed by atoms with Gasteiger partial charge in [0.05, 0.1) is 5.39 Å². The van der Waals surface area contributed by atoms with Crippen LogP contribution in [-0.2, 0) is 17.8 Å². The van der Waals surface area contributed by atoms with Crippen molar-refractivity contribution in [2.75, 3.05) is 0 Å². The topological polar surface area (TPSA) is 64.0 Å². The lowest BCUT2D eigenvalue weighted by Gasteiger charge is -2.17. The van der Waals surface area contributed by atoms with Crippen molar-refractivity contribution in [1.29, 1.82) is 0 Å². The maximum Gasteiger partial charge on any atom is 0.270 e. The molecule has 0 saturated carbocycles. The molecule has 0 saturated heterocycles. The summed E-state index contributed by atoms with van der Waals surface area (Å²) >= 11 is 1.25. The summed E-state index contributed by atoms with van der Waals surface area (Å²) in [5.41, 5.74) is 2.83. The molecule has 0 aliphatic heterocycles. The molecule has 0 aliphatic rings. The number of benzene rings is 1. The summed E-state index contributed by atoms with van der Waals surface area (Å²) in [6, 6.07) is 12.0. The molecule has 0 bridgehead atoms. The second-order valence-corrected chi connectivity index (χ2v) is 7.57. The van der Waals surface area contributed by atoms with Crippen LogP contribution in [0.1, 0.15) is 30.2 Å². The summed E-state index contributed by atoms with van der Waals surface area (Å²) in [6.45, 7) is 5.89. The van der Waals surface area contributed by atoms with Gasteiger partial charge < -0.3 is 5.32 Å². The van der Waals surface area contributed by atoms with Crippen molar-refractivity contribution in [1.82, 2.24) is 14.3 Å². The van der Waals surface area contributed by atoms with E-state index in [-0.39, 0.29) is 24.1 Å². The molecule has 0 fully saturated rings. The van der Waals surface area contributed by atoms with Crippen LogP contribution >= 0.6 is 11.5 Å². The van der Waals surface area contributed by atoms with Crippen LogP contribution in [0.15, 0.2) is 41.2 Å². The minimum Gasteiger partial charge on any atom is -0.351 e. The number of aryl methyl sites for hydroxylation is 2. The summed E-state index contributed by atoms with van der Waals surface area (Å²) in [7, 11) is 0. The van der Waals surface area contributed by atoms with E-state index < -0.39 is 0 Å². The Bertz CT molecular complexity index is 976. The largest absolute Gasteiger partial charge is 0.351 e. The second-order valence-electron chi connectivity index (χ2n) is 6.56. The van der Waals surface area contributed by atoms with Crippen molar-refractivity contribution < 1.29 is 4.79 Å². The number of carbonyl (C=O) groups is 1. The Morgan fingerprint density at radius 3 is 2.69 bits per heavy atom. The normalized spacial score (nSPS) is 12.3. The van der Waals surface area contributed by atoms with Crippen molar-refractivity contribution >= 4 is 27.7 Å². The Hall–Kier alpha value is -2.47. The summed E-state index contributed by atoms with van der Waals surface area (Å²) in [5.74, 6) is -0.143. The van der Waals surface area contributed by atoms with E-state index in [4.69, 9.17) is 0 Å². The maximum absolute atomic E-state index is 12.6. The summed E-state index contributed by atoms with van der Waals surface area (Å²) in [6.07, 6.45) is 1.62. The SMILES string of the molecule is CCC(Cc1ccccc1)NC(=O)Cn1sc2nc(C)cc(C)c2c1=O. The molecule has 1 amide bonds. The third-order valence-corrected chi connectivity index (χ3v) is 5.40. The molecule has 1 N–H and O–H groups in total. The molecule has 26 heavy (non-hydrogen) atoms. The molecular weight excluding hydrogens is 346 g/mol. The average molecular weight is 369 g/mol. The highest BCUT2D eigenvalue weighted by molar-refractivity contribution is 7.13. The van der Waals surface area contributed by atoms with Crippen molar-refractivity contribution in [3.63, 3.8) is 0 Å². The third kappa shape index (κ3) is 4.02. The predicted molar refractivity (Wildman–Crippen MR) is 106 cm³/mol. The average Bonchev–Trinajstić information content (AvgIpc) is 2.90. The van der Waals surface area contributed by atoms with E-state index in [9.17, 15) is 9.59 Å². The van der Waals surface area contributed by atoms with E-state index >= 15 is 0 Å². The van der Waals surface area contributed by atoms with Gasteiger partial charge in [0.25, 0.3) is 5.56 Å². The lowest BCUT2D eigenvalue weighted by molar-refractivity contribution is -0.122. The zero-order valence-electron chi connectivity index (χ0n) is 15.3. The zero-order valence-corrected chi connectivity index (χ0v) is 16.1. The second kappa shape index (κ2) is 7.83. The van der Waals surface area contributed by atoms with E-state index in [0.29, 0.717) is 10.2 Å². The maximum atomic E-state index is 12.6. The number of amides is 1. The lowest BCUT2D eigenvalue weighted by atomic mass is 10.0. The van der Waals surface area contributed by atoms with Gasteiger partial charge in [-0.1, -0.05) is 37.3 Å². The van der Waals surface area contributed by atoms with Crippen LogP contribution in [0.2, 0.25) is 0 Å². The number of aromatic nitrogens is 2. The number of nitrogens with zero attached hydrogens (tertiary/aromatic N) is 2. The van der Waals surface area contributed by atoms with Gasteiger partial charge in [0.1, 0.15) is 11.4 Å². The quantitative estimate of drug-likeness (QED) is 0.726. The molecule has 0 spiro atoms. The molecule has 0 aliphatic carbocycles. The monoisotopic (exact) mass is 369 g/mol.